The van der Waals surface area contributed by atoms with Crippen molar-refractivity contribution in [1.82, 2.24) is 20.2 Å². The zero-order valence-electron chi connectivity index (χ0n) is 21.8. The van der Waals surface area contributed by atoms with E-state index < -0.39 is 0 Å². The number of carbonyl (C=O) groups excluding carboxylic acids is 2. The van der Waals surface area contributed by atoms with Gasteiger partial charge in [0, 0.05) is 24.0 Å². The molecule has 0 saturated heterocycles. The number of benzene rings is 2. The summed E-state index contributed by atoms with van der Waals surface area (Å²) in [6.45, 7) is 3.42. The van der Waals surface area contributed by atoms with Gasteiger partial charge in [-0.1, -0.05) is 42.0 Å². The van der Waals surface area contributed by atoms with Crippen LogP contribution in [0.4, 0.5) is 0 Å². The van der Waals surface area contributed by atoms with Crippen molar-refractivity contribution in [3.8, 4) is 5.75 Å². The first-order valence-electron chi connectivity index (χ1n) is 13.3. The van der Waals surface area contributed by atoms with Crippen molar-refractivity contribution in [2.45, 2.75) is 45.4 Å². The second-order valence-corrected chi connectivity index (χ2v) is 11.1. The lowest BCUT2D eigenvalue weighted by Crippen LogP contribution is -2.41. The third kappa shape index (κ3) is 5.71. The Bertz CT molecular complexity index is 1500. The van der Waals surface area contributed by atoms with Crippen molar-refractivity contribution in [2.24, 2.45) is 5.92 Å². The molecule has 1 fully saturated rings. The van der Waals surface area contributed by atoms with Crippen LogP contribution in [0.5, 0.6) is 5.75 Å². The molecule has 39 heavy (non-hydrogen) atoms. The number of aryl methyl sites for hydroxylation is 1. The van der Waals surface area contributed by atoms with Gasteiger partial charge >= 0.3 is 0 Å². The molecule has 6 rings (SSSR count). The fourth-order valence-corrected chi connectivity index (χ4v) is 5.76. The highest BCUT2D eigenvalue weighted by Crippen LogP contribution is 2.41. The first-order valence-corrected chi connectivity index (χ1v) is 14.2. The van der Waals surface area contributed by atoms with E-state index in [1.807, 2.05) is 24.3 Å². The highest BCUT2D eigenvalue weighted by Gasteiger charge is 2.39. The van der Waals surface area contributed by atoms with E-state index in [2.05, 4.69) is 63.5 Å². The van der Waals surface area contributed by atoms with E-state index in [0.29, 0.717) is 12.2 Å². The molecule has 198 valence electrons. The smallest absolute Gasteiger partial charge is 0.271 e. The van der Waals surface area contributed by atoms with Crippen molar-refractivity contribution in [1.29, 1.82) is 0 Å². The summed E-state index contributed by atoms with van der Waals surface area (Å²) in [6.07, 6.45) is 4.51. The van der Waals surface area contributed by atoms with Crippen LogP contribution in [-0.2, 0) is 24.4 Å². The van der Waals surface area contributed by atoms with E-state index in [9.17, 15) is 9.59 Å². The van der Waals surface area contributed by atoms with Crippen molar-refractivity contribution in [3.63, 3.8) is 0 Å². The molecule has 2 aromatic carbocycles. The van der Waals surface area contributed by atoms with Gasteiger partial charge in [0.2, 0.25) is 5.91 Å². The van der Waals surface area contributed by atoms with Crippen LogP contribution in [0.3, 0.4) is 0 Å². The fourth-order valence-electron chi connectivity index (χ4n) is 5.08. The number of hydrogen-bond acceptors (Lipinski definition) is 6. The largest absolute Gasteiger partial charge is 0.486 e. The molecule has 1 saturated carbocycles. The molecular formula is C31H30N4O3S. The lowest BCUT2D eigenvalue weighted by Gasteiger charge is -2.38. The highest BCUT2D eigenvalue weighted by molar-refractivity contribution is 7.09. The summed E-state index contributed by atoms with van der Waals surface area (Å²) in [5.74, 6) is 0.912. The molecule has 2 aliphatic rings. The van der Waals surface area contributed by atoms with Gasteiger partial charge in [0.1, 0.15) is 23.1 Å². The zero-order valence-corrected chi connectivity index (χ0v) is 22.6. The topological polar surface area (TPSA) is 84.4 Å². The van der Waals surface area contributed by atoms with Crippen molar-refractivity contribution >= 4 is 23.2 Å². The van der Waals surface area contributed by atoms with Crippen LogP contribution in [0.15, 0.2) is 72.2 Å². The Balaban J connectivity index is 1.17. The fraction of sp³-hybridized carbons (Fsp3) is 0.290. The Morgan fingerprint density at radius 2 is 2.00 bits per heavy atom. The minimum absolute atomic E-state index is 0.125. The average Bonchev–Trinajstić information content (AvgIpc) is 3.71. The van der Waals surface area contributed by atoms with Crippen molar-refractivity contribution in [3.05, 3.63) is 111 Å². The third-order valence-corrected chi connectivity index (χ3v) is 8.04. The van der Waals surface area contributed by atoms with Gasteiger partial charge in [-0.3, -0.25) is 14.6 Å². The van der Waals surface area contributed by atoms with Crippen LogP contribution in [0.25, 0.3) is 0 Å². The average molecular weight is 539 g/mol. The predicted molar refractivity (Wildman–Crippen MR) is 149 cm³/mol. The maximum absolute atomic E-state index is 13.3. The Labute approximate surface area is 231 Å². The number of aromatic nitrogens is 2. The molecule has 4 aromatic rings. The summed E-state index contributed by atoms with van der Waals surface area (Å²) < 4.78 is 6.15. The molecule has 8 heteroatoms. The van der Waals surface area contributed by atoms with Gasteiger partial charge in [0.25, 0.3) is 5.91 Å². The summed E-state index contributed by atoms with van der Waals surface area (Å²) >= 11 is 1.40. The summed E-state index contributed by atoms with van der Waals surface area (Å²) in [4.78, 5) is 36.6. The number of thiazole rings is 1. The van der Waals surface area contributed by atoms with Gasteiger partial charge in [-0.2, -0.15) is 0 Å². The van der Waals surface area contributed by atoms with Crippen LogP contribution in [0.2, 0.25) is 0 Å². The van der Waals surface area contributed by atoms with E-state index in [1.165, 1.54) is 22.5 Å². The van der Waals surface area contributed by atoms with Crippen LogP contribution in [0, 0.1) is 12.8 Å². The monoisotopic (exact) mass is 538 g/mol. The zero-order chi connectivity index (χ0) is 26.8. The SMILES string of the molecule is Cc1cccc([C@@H]2c3cc(OCc4nc(C(=O)NCc5ccccn5)cs4)ccc3CCN2C(=O)C2CC2)c1. The lowest BCUT2D eigenvalue weighted by molar-refractivity contribution is -0.134. The number of carbonyl (C=O) groups is 2. The van der Waals surface area contributed by atoms with Gasteiger partial charge < -0.3 is 15.0 Å². The number of hydrogen-bond donors (Lipinski definition) is 1. The lowest BCUT2D eigenvalue weighted by atomic mass is 9.87. The Kier molecular flexibility index (Phi) is 7.11. The van der Waals surface area contributed by atoms with Crippen LogP contribution in [0.1, 0.15) is 62.3 Å². The molecule has 1 atom stereocenters. The predicted octanol–water partition coefficient (Wildman–Crippen LogP) is 5.24. The van der Waals surface area contributed by atoms with E-state index in [1.54, 1.807) is 11.6 Å². The Morgan fingerprint density at radius 3 is 2.79 bits per heavy atom. The molecule has 0 bridgehead atoms. The van der Waals surface area contributed by atoms with Crippen LogP contribution in [-0.4, -0.2) is 33.2 Å². The molecule has 0 spiro atoms. The van der Waals surface area contributed by atoms with E-state index in [4.69, 9.17) is 4.74 Å². The van der Waals surface area contributed by atoms with Crippen LogP contribution >= 0.6 is 11.3 Å². The summed E-state index contributed by atoms with van der Waals surface area (Å²) in [7, 11) is 0. The highest BCUT2D eigenvalue weighted by atomic mass is 32.1. The van der Waals surface area contributed by atoms with Crippen molar-refractivity contribution < 1.29 is 14.3 Å². The number of amides is 2. The van der Waals surface area contributed by atoms with Crippen LogP contribution < -0.4 is 10.1 Å². The molecular weight excluding hydrogens is 508 g/mol. The number of nitrogens with one attached hydrogen (secondary N) is 1. The molecule has 0 unspecified atom stereocenters. The van der Waals surface area contributed by atoms with Gasteiger partial charge in [0.05, 0.1) is 18.3 Å². The normalized spacial score (nSPS) is 16.4. The second kappa shape index (κ2) is 11.0. The molecule has 7 nitrogen and oxygen atoms in total. The Morgan fingerprint density at radius 1 is 1.10 bits per heavy atom. The maximum atomic E-state index is 13.3. The first-order chi connectivity index (χ1) is 19.0. The van der Waals surface area contributed by atoms with Crippen molar-refractivity contribution in [2.75, 3.05) is 6.54 Å². The number of ether oxygens (including phenoxy) is 1. The number of fused-ring (bicyclic) bond motifs is 1. The molecule has 0 radical (unpaired) electrons. The Hall–Kier alpha value is -4.04. The number of nitrogens with zero attached hydrogens (tertiary/aromatic N) is 3. The standard InChI is InChI=1S/C31H30N4O3S/c1-20-5-4-6-23(15-20)29-26-16-25(11-10-21(26)12-14-35(29)31(37)22-8-9-22)38-18-28-34-27(19-39-28)30(36)33-17-24-7-2-3-13-32-24/h2-7,10-11,13,15-16,19,22,29H,8-9,12,14,17-18H2,1H3,(H,33,36)/t29-/m1/s1. The molecule has 1 aliphatic carbocycles. The van der Waals surface area contributed by atoms with E-state index in [0.717, 1.165) is 53.4 Å². The summed E-state index contributed by atoms with van der Waals surface area (Å²) in [5, 5.41) is 5.32. The number of pyridine rings is 1. The number of rotatable bonds is 8. The molecule has 2 amide bonds. The minimum atomic E-state index is -0.238. The molecule has 1 aliphatic heterocycles. The van der Waals surface area contributed by atoms with Gasteiger partial charge in [-0.05, 0) is 67.1 Å². The third-order valence-electron chi connectivity index (χ3n) is 7.22. The quantitative estimate of drug-likeness (QED) is 0.332. The molecule has 2 aromatic heterocycles. The van der Waals surface area contributed by atoms with Gasteiger partial charge in [-0.15, -0.1) is 11.3 Å². The molecule has 3 heterocycles. The second-order valence-electron chi connectivity index (χ2n) is 10.2. The van der Waals surface area contributed by atoms with Gasteiger partial charge in [0.15, 0.2) is 0 Å². The summed E-state index contributed by atoms with van der Waals surface area (Å²) in [6, 6.07) is 20.1. The van der Waals surface area contributed by atoms with E-state index >= 15 is 0 Å². The maximum Gasteiger partial charge on any atom is 0.271 e. The first kappa shape index (κ1) is 25.2. The minimum Gasteiger partial charge on any atom is -0.486 e. The summed E-state index contributed by atoms with van der Waals surface area (Å²) in [5.41, 5.74) is 5.83. The van der Waals surface area contributed by atoms with E-state index in [-0.39, 0.29) is 30.4 Å². The van der Waals surface area contributed by atoms with Gasteiger partial charge in [-0.25, -0.2) is 4.98 Å². The molecule has 1 N–H and O–H groups in total.